The number of urea groups is 1. The molecule has 12 nitrogen and oxygen atoms in total. The molecule has 0 bridgehead atoms. The van der Waals surface area contributed by atoms with Crippen molar-refractivity contribution in [3.05, 3.63) is 89.7 Å². The van der Waals surface area contributed by atoms with Crippen LogP contribution in [0, 0.1) is 0 Å². The van der Waals surface area contributed by atoms with Gasteiger partial charge in [0.05, 0.1) is 23.6 Å². The Morgan fingerprint density at radius 3 is 2.50 bits per heavy atom. The van der Waals surface area contributed by atoms with Crippen molar-refractivity contribution in [3.8, 4) is 17.2 Å². The molecule has 5 heterocycles. The fraction of sp³-hybridized carbons (Fsp3) is 0.476. The van der Waals surface area contributed by atoms with Crippen molar-refractivity contribution < 1.29 is 14.3 Å². The van der Waals surface area contributed by atoms with Gasteiger partial charge in [-0.2, -0.15) is 5.10 Å². The third-order valence-electron chi connectivity index (χ3n) is 11.1. The van der Waals surface area contributed by atoms with Crippen LogP contribution < -0.4 is 25.0 Å². The van der Waals surface area contributed by atoms with Gasteiger partial charge in [0.25, 0.3) is 0 Å². The van der Waals surface area contributed by atoms with Gasteiger partial charge < -0.3 is 19.7 Å². The van der Waals surface area contributed by atoms with E-state index in [1.165, 1.54) is 19.3 Å². The molecule has 2 amide bonds. The molecule has 2 aromatic carbocycles. The number of hydrogen-bond acceptors (Lipinski definition) is 8. The second-order valence-corrected chi connectivity index (χ2v) is 16.1. The zero-order valence-electron chi connectivity index (χ0n) is 32.0. The van der Waals surface area contributed by atoms with Crippen LogP contribution in [0.15, 0.2) is 72.9 Å². The zero-order valence-corrected chi connectivity index (χ0v) is 32.0. The van der Waals surface area contributed by atoms with E-state index in [4.69, 9.17) is 14.6 Å². The average molecular weight is 732 g/mol. The van der Waals surface area contributed by atoms with Crippen molar-refractivity contribution in [1.29, 1.82) is 0 Å². The molecule has 8 rings (SSSR count). The monoisotopic (exact) mass is 731 g/mol. The molecule has 2 aliphatic heterocycles. The predicted octanol–water partition coefficient (Wildman–Crippen LogP) is 7.84. The number of hydrogen-bond donors (Lipinski definition) is 2. The number of benzene rings is 2. The molecule has 2 N–H and O–H groups in total. The quantitative estimate of drug-likeness (QED) is 0.149. The summed E-state index contributed by atoms with van der Waals surface area (Å²) in [5.41, 5.74) is 4.42. The number of nitrogens with zero attached hydrogens (tertiary/aromatic N) is 7. The second kappa shape index (κ2) is 15.3. The summed E-state index contributed by atoms with van der Waals surface area (Å²) >= 11 is 0. The van der Waals surface area contributed by atoms with Gasteiger partial charge >= 0.3 is 6.03 Å². The van der Waals surface area contributed by atoms with Gasteiger partial charge in [0.1, 0.15) is 30.0 Å². The molecule has 1 aliphatic carbocycles. The van der Waals surface area contributed by atoms with Crippen molar-refractivity contribution in [1.82, 2.24) is 34.6 Å². The third-order valence-corrected chi connectivity index (χ3v) is 11.1. The van der Waals surface area contributed by atoms with Crippen LogP contribution in [0.25, 0.3) is 11.3 Å². The number of aromatic nitrogens is 5. The minimum atomic E-state index is -0.286. The van der Waals surface area contributed by atoms with Crippen LogP contribution in [-0.4, -0.2) is 74.1 Å². The van der Waals surface area contributed by atoms with Gasteiger partial charge in [-0.05, 0) is 100 Å². The van der Waals surface area contributed by atoms with Crippen LogP contribution in [0.4, 0.5) is 16.6 Å². The van der Waals surface area contributed by atoms with Gasteiger partial charge in [0.2, 0.25) is 5.95 Å². The first-order valence-electron chi connectivity index (χ1n) is 19.7. The fourth-order valence-electron chi connectivity index (χ4n) is 8.06. The Morgan fingerprint density at radius 1 is 0.870 bits per heavy atom. The van der Waals surface area contributed by atoms with Crippen molar-refractivity contribution in [3.63, 3.8) is 0 Å². The van der Waals surface area contributed by atoms with Crippen molar-refractivity contribution in [2.24, 2.45) is 0 Å². The molecule has 3 aliphatic rings. The first-order valence-corrected chi connectivity index (χ1v) is 19.7. The molecule has 0 saturated carbocycles. The number of piperidine rings is 1. The van der Waals surface area contributed by atoms with E-state index in [2.05, 4.69) is 74.9 Å². The molecule has 5 aromatic rings. The zero-order chi connectivity index (χ0) is 37.2. The highest BCUT2D eigenvalue weighted by Gasteiger charge is 2.31. The highest BCUT2D eigenvalue weighted by Crippen LogP contribution is 2.39. The molecule has 12 heteroatoms. The number of anilines is 2. The van der Waals surface area contributed by atoms with Crippen LogP contribution in [-0.2, 0) is 5.41 Å². The summed E-state index contributed by atoms with van der Waals surface area (Å²) in [6.45, 7) is 13.4. The van der Waals surface area contributed by atoms with Gasteiger partial charge in [-0.1, -0.05) is 51.1 Å². The number of amides is 2. The topological polar surface area (TPSA) is 114 Å². The number of rotatable bonds is 10. The maximum atomic E-state index is 13.8. The molecule has 2 fully saturated rings. The predicted molar refractivity (Wildman–Crippen MR) is 211 cm³/mol. The van der Waals surface area contributed by atoms with Crippen LogP contribution in [0.3, 0.4) is 0 Å². The summed E-state index contributed by atoms with van der Waals surface area (Å²) in [7, 11) is 0. The summed E-state index contributed by atoms with van der Waals surface area (Å²) in [6, 6.07) is 22.0. The summed E-state index contributed by atoms with van der Waals surface area (Å²) in [4.78, 5) is 18.6. The number of ether oxygens (including phenoxy) is 2. The van der Waals surface area contributed by atoms with E-state index < -0.39 is 0 Å². The van der Waals surface area contributed by atoms with E-state index in [0.717, 1.165) is 97.5 Å². The van der Waals surface area contributed by atoms with Crippen LogP contribution in [0.1, 0.15) is 102 Å². The maximum Gasteiger partial charge on any atom is 0.320 e. The highest BCUT2D eigenvalue weighted by atomic mass is 16.5. The molecule has 0 radical (unpaired) electrons. The number of carbonyl (C=O) groups is 1. The number of nitrogens with one attached hydrogen (secondary N) is 2. The molecular formula is C42H53N9O3. The molecule has 2 saturated heterocycles. The molecule has 54 heavy (non-hydrogen) atoms. The number of fused-ring (bicyclic) bond motifs is 2. The van der Waals surface area contributed by atoms with Crippen molar-refractivity contribution in [2.75, 3.05) is 43.0 Å². The van der Waals surface area contributed by atoms with Gasteiger partial charge in [-0.15, -0.1) is 10.2 Å². The van der Waals surface area contributed by atoms with Crippen molar-refractivity contribution >= 4 is 23.4 Å². The summed E-state index contributed by atoms with van der Waals surface area (Å²) in [5, 5.41) is 20.3. The Kier molecular flexibility index (Phi) is 10.2. The average Bonchev–Trinajstić information content (AvgIpc) is 3.94. The fourth-order valence-corrected chi connectivity index (χ4v) is 8.06. The van der Waals surface area contributed by atoms with Crippen LogP contribution in [0.2, 0.25) is 0 Å². The van der Waals surface area contributed by atoms with E-state index in [-0.39, 0.29) is 23.6 Å². The summed E-state index contributed by atoms with van der Waals surface area (Å²) in [6.07, 6.45) is 9.41. The maximum absolute atomic E-state index is 13.8. The standard InChI is InChI=1S/C42H53N9O3/c1-29-12-7-8-23-49(29)41-46-45-38-20-17-32(28-50(38)41)54-36-19-18-35(33-15-5-6-16-34(33)36)43-40(52)44-39-27-37(42(2,3)4)47-51(39)30-13-11-14-31(26-30)53-25-24-48-21-9-10-22-48/h5-6,11,13-17,20,26-29,35-36H,7-10,12,18-19,21-25H2,1-4H3,(H2,43,44,52)/t29-,35-,36+/m0/s1. The smallest absolute Gasteiger partial charge is 0.320 e. The molecule has 0 unspecified atom stereocenters. The van der Waals surface area contributed by atoms with Crippen molar-refractivity contribution in [2.45, 2.75) is 96.2 Å². The highest BCUT2D eigenvalue weighted by molar-refractivity contribution is 5.89. The Hall–Kier alpha value is -5.10. The van der Waals surface area contributed by atoms with Gasteiger partial charge in [0.15, 0.2) is 5.65 Å². The SMILES string of the molecule is C[C@H]1CCCCN1c1nnc2ccc(O[C@@H]3CC[C@H](NC(=O)Nc4cc(C(C)(C)C)nn4-c4cccc(OCCN5CCCC5)c4)c4ccccc43)cn12. The largest absolute Gasteiger partial charge is 0.492 e. The van der Waals surface area contributed by atoms with E-state index >= 15 is 0 Å². The summed E-state index contributed by atoms with van der Waals surface area (Å²) < 4.78 is 16.7. The lowest BCUT2D eigenvalue weighted by Crippen LogP contribution is -2.38. The third kappa shape index (κ3) is 7.75. The Labute approximate surface area is 317 Å². The molecule has 3 atom stereocenters. The Morgan fingerprint density at radius 2 is 1.69 bits per heavy atom. The number of pyridine rings is 1. The number of likely N-dealkylation sites (tertiary alicyclic amines) is 1. The minimum absolute atomic E-state index is 0.158. The van der Waals surface area contributed by atoms with E-state index in [9.17, 15) is 4.79 Å². The van der Waals surface area contributed by atoms with E-state index in [0.29, 0.717) is 18.5 Å². The van der Waals surface area contributed by atoms with Crippen LogP contribution in [0.5, 0.6) is 11.5 Å². The molecule has 0 spiro atoms. The number of carbonyl (C=O) groups excluding carboxylic acids is 1. The van der Waals surface area contributed by atoms with Gasteiger partial charge in [0, 0.05) is 36.7 Å². The molecular weight excluding hydrogens is 679 g/mol. The van der Waals surface area contributed by atoms with E-state index in [1.807, 2.05) is 60.8 Å². The van der Waals surface area contributed by atoms with E-state index in [1.54, 1.807) is 4.68 Å². The Bertz CT molecular complexity index is 2080. The lowest BCUT2D eigenvalue weighted by molar-refractivity contribution is 0.171. The first-order chi connectivity index (χ1) is 26.2. The lowest BCUT2D eigenvalue weighted by atomic mass is 9.85. The van der Waals surface area contributed by atoms with Gasteiger partial charge in [-0.25, -0.2) is 9.48 Å². The molecule has 284 valence electrons. The van der Waals surface area contributed by atoms with Crippen LogP contribution >= 0.6 is 0 Å². The second-order valence-electron chi connectivity index (χ2n) is 16.1. The minimum Gasteiger partial charge on any atom is -0.492 e. The van der Waals surface area contributed by atoms with Gasteiger partial charge in [-0.3, -0.25) is 14.6 Å². The normalized spacial score (nSPS) is 20.5. The summed E-state index contributed by atoms with van der Waals surface area (Å²) in [5.74, 6) is 3.01. The molecule has 3 aromatic heterocycles. The lowest BCUT2D eigenvalue weighted by Gasteiger charge is -2.33. The first kappa shape index (κ1) is 35.9. The Balaban J connectivity index is 0.967.